The van der Waals surface area contributed by atoms with Crippen molar-refractivity contribution in [3.63, 3.8) is 0 Å². The molecule has 0 spiro atoms. The van der Waals surface area contributed by atoms with Gasteiger partial charge in [-0.25, -0.2) is 0 Å². The molecule has 0 radical (unpaired) electrons. The zero-order valence-electron chi connectivity index (χ0n) is 7.20. The van der Waals surface area contributed by atoms with E-state index in [4.69, 9.17) is 4.66 Å². The second-order valence-electron chi connectivity index (χ2n) is 2.77. The van der Waals surface area contributed by atoms with Gasteiger partial charge in [0.25, 0.3) is 0 Å². The fraction of sp³-hybridized carbons (Fsp3) is 0.200. The summed E-state index contributed by atoms with van der Waals surface area (Å²) < 4.78 is 9.83. The first-order chi connectivity index (χ1) is 6.45. The zero-order valence-corrected chi connectivity index (χ0v) is 9.52. The van der Waals surface area contributed by atoms with Crippen LogP contribution in [0.3, 0.4) is 0 Å². The Balaban J connectivity index is 0.000000396. The van der Waals surface area contributed by atoms with Crippen LogP contribution in [0, 0.1) is 0 Å². The number of allylic oxidation sites excluding steroid dienone is 8. The third-order valence-corrected chi connectivity index (χ3v) is 4.02. The monoisotopic (exact) mass is 230 g/mol. The summed E-state index contributed by atoms with van der Waals surface area (Å²) in [5.41, 5.74) is 0. The molecule has 0 unspecified atom stereocenters. The smallest absolute Gasteiger partial charge is 0.0579 e. The zero-order chi connectivity index (χ0) is 9.52. The van der Waals surface area contributed by atoms with Gasteiger partial charge in [-0.15, -0.1) is 0 Å². The van der Waals surface area contributed by atoms with Gasteiger partial charge in [0.1, 0.15) is 0 Å². The maximum atomic E-state index is 6.47. The van der Waals surface area contributed by atoms with Crippen molar-refractivity contribution in [2.24, 2.45) is 0 Å². The minimum atomic E-state index is 0.0833. The Bertz CT molecular complexity index is 249. The molecule has 0 bridgehead atoms. The molecule has 2 rings (SSSR count). The molecule has 0 amide bonds. The van der Waals surface area contributed by atoms with E-state index in [9.17, 15) is 0 Å². The summed E-state index contributed by atoms with van der Waals surface area (Å²) in [6, 6.07) is 0. The maximum Gasteiger partial charge on any atom is 0.0579 e. The first-order valence-electron chi connectivity index (χ1n) is 4.10. The van der Waals surface area contributed by atoms with Crippen LogP contribution in [0.1, 0.15) is 12.8 Å². The Labute approximate surface area is 92.6 Å². The molecule has 0 atom stereocenters. The van der Waals surface area contributed by atoms with Crippen molar-refractivity contribution in [1.29, 1.82) is 0 Å². The Kier molecular flexibility index (Phi) is 5.41. The van der Waals surface area contributed by atoms with E-state index in [1.807, 2.05) is 0 Å². The van der Waals surface area contributed by atoms with Gasteiger partial charge in [0.2, 0.25) is 0 Å². The normalized spacial score (nSPS) is 17.7. The predicted molar refractivity (Wildman–Crippen MR) is 51.8 cm³/mol. The largest absolute Gasteiger partial charge is 0.295 e. The Morgan fingerprint density at radius 3 is 1.77 bits per heavy atom. The summed E-state index contributed by atoms with van der Waals surface area (Å²) in [4.78, 5) is 0. The van der Waals surface area contributed by atoms with Crippen LogP contribution in [0.5, 0.6) is 0 Å². The molecule has 0 fully saturated rings. The molecule has 68 valence electrons. The number of halogens is 1. The molecule has 0 aromatic heterocycles. The van der Waals surface area contributed by atoms with E-state index in [2.05, 4.69) is 48.3 Å². The number of rotatable bonds is 2. The molecule has 0 saturated carbocycles. The molecule has 2 aliphatic rings. The van der Waals surface area contributed by atoms with Gasteiger partial charge >= 0.3 is 76.2 Å². The number of hydrogen-bond donors (Lipinski definition) is 1. The average Bonchev–Trinajstić information content (AvgIpc) is 2.81. The van der Waals surface area contributed by atoms with Crippen LogP contribution in [0.15, 0.2) is 44.2 Å². The van der Waals surface area contributed by atoms with Crippen LogP contribution in [-0.4, -0.2) is 4.66 Å². The second-order valence-corrected chi connectivity index (χ2v) is 5.17. The third kappa shape index (κ3) is 3.66. The van der Waals surface area contributed by atoms with E-state index in [-0.39, 0.29) is 19.2 Å². The minimum Gasteiger partial charge on any atom is -0.295 e. The second kappa shape index (κ2) is 6.39. The van der Waals surface area contributed by atoms with Gasteiger partial charge in [-0.2, -0.15) is 0 Å². The van der Waals surface area contributed by atoms with Crippen LogP contribution in [0.25, 0.3) is 0 Å². The van der Waals surface area contributed by atoms with Crippen LogP contribution < -0.4 is 0 Å². The van der Waals surface area contributed by atoms with Crippen molar-refractivity contribution in [3.8, 4) is 0 Å². The van der Waals surface area contributed by atoms with Gasteiger partial charge in [-0.05, 0) is 0 Å². The van der Waals surface area contributed by atoms with Crippen LogP contribution >= 0.6 is 11.9 Å². The van der Waals surface area contributed by atoms with Crippen molar-refractivity contribution in [2.75, 3.05) is 0 Å². The van der Waals surface area contributed by atoms with Gasteiger partial charge in [0.15, 0.2) is 0 Å². The average molecular weight is 231 g/mol. The molecular formula is C10H11ClOTi. The molecule has 1 nitrogen and oxygen atoms in total. The Morgan fingerprint density at radius 2 is 1.46 bits per heavy atom. The van der Waals surface area contributed by atoms with Crippen LogP contribution in [-0.2, 0) is 19.2 Å². The molecule has 0 heterocycles. The van der Waals surface area contributed by atoms with E-state index in [1.54, 1.807) is 7.76 Å². The maximum absolute atomic E-state index is 6.47. The summed E-state index contributed by atoms with van der Waals surface area (Å²) in [6.07, 6.45) is 15.9. The van der Waals surface area contributed by atoms with E-state index >= 15 is 0 Å². The van der Waals surface area contributed by atoms with E-state index in [0.717, 1.165) is 0 Å². The van der Waals surface area contributed by atoms with Crippen molar-refractivity contribution < 1.29 is 23.8 Å². The van der Waals surface area contributed by atoms with Crippen molar-refractivity contribution in [1.82, 2.24) is 0 Å². The quantitative estimate of drug-likeness (QED) is 0.723. The van der Waals surface area contributed by atoms with E-state index < -0.39 is 0 Å². The topological polar surface area (TPSA) is 20.2 Å². The molecule has 0 aromatic carbocycles. The minimum absolute atomic E-state index is 0.0833. The molecular weight excluding hydrogens is 219 g/mol. The molecule has 3 heteroatoms. The molecule has 0 saturated heterocycles. The van der Waals surface area contributed by atoms with E-state index in [0.29, 0.717) is 0 Å². The summed E-state index contributed by atoms with van der Waals surface area (Å²) >= 11 is 3.72. The summed E-state index contributed by atoms with van der Waals surface area (Å²) in [7, 11) is 0. The van der Waals surface area contributed by atoms with Crippen LogP contribution in [0.2, 0.25) is 0 Å². The van der Waals surface area contributed by atoms with Crippen LogP contribution in [0.4, 0.5) is 0 Å². The fourth-order valence-corrected chi connectivity index (χ4v) is 3.18. The summed E-state index contributed by atoms with van der Waals surface area (Å²) in [5, 5.41) is 0. The SMILES string of the molecule is C1=CC[C]([Ti][C]2=CC=CC2)=C1.OCl. The van der Waals surface area contributed by atoms with Gasteiger partial charge < -0.3 is 0 Å². The Morgan fingerprint density at radius 1 is 1.00 bits per heavy atom. The molecule has 0 aromatic rings. The fourth-order valence-electron chi connectivity index (χ4n) is 1.29. The molecule has 1 N–H and O–H groups in total. The predicted octanol–water partition coefficient (Wildman–Crippen LogP) is 2.89. The standard InChI is InChI=1S/2C5H5.ClHO.Ti/c2*1-2-4-5-3-1;1-2;/h2*1-3H,4H2;2H;. The van der Waals surface area contributed by atoms with E-state index in [1.165, 1.54) is 12.8 Å². The van der Waals surface area contributed by atoms with Gasteiger partial charge in [0.05, 0.1) is 11.9 Å². The van der Waals surface area contributed by atoms with Crippen molar-refractivity contribution in [3.05, 3.63) is 44.2 Å². The van der Waals surface area contributed by atoms with Crippen molar-refractivity contribution >= 4 is 11.9 Å². The van der Waals surface area contributed by atoms with Gasteiger partial charge in [0, 0.05) is 0 Å². The summed E-state index contributed by atoms with van der Waals surface area (Å²) in [6.45, 7) is 0. The Hall–Kier alpha value is -0.0757. The van der Waals surface area contributed by atoms with Gasteiger partial charge in [-0.3, -0.25) is 4.66 Å². The number of hydrogen-bond acceptors (Lipinski definition) is 1. The molecule has 0 aliphatic heterocycles. The molecule has 2 aliphatic carbocycles. The first kappa shape index (κ1) is 11.0. The third-order valence-electron chi connectivity index (χ3n) is 1.86. The van der Waals surface area contributed by atoms with Crippen molar-refractivity contribution in [2.45, 2.75) is 12.8 Å². The van der Waals surface area contributed by atoms with Gasteiger partial charge in [-0.1, -0.05) is 0 Å². The molecule has 13 heavy (non-hydrogen) atoms. The first-order valence-corrected chi connectivity index (χ1v) is 6.00. The summed E-state index contributed by atoms with van der Waals surface area (Å²) in [5.74, 6) is 0.